The van der Waals surface area contributed by atoms with Crippen LogP contribution in [0.1, 0.15) is 41.9 Å². The average molecular weight is 249 g/mol. The van der Waals surface area contributed by atoms with Crippen molar-refractivity contribution in [2.45, 2.75) is 31.7 Å². The van der Waals surface area contributed by atoms with Crippen molar-refractivity contribution >= 4 is 11.3 Å². The van der Waals surface area contributed by atoms with E-state index in [9.17, 15) is 0 Å². The third-order valence-electron chi connectivity index (χ3n) is 3.30. The normalized spacial score (nSPS) is 17.9. The van der Waals surface area contributed by atoms with E-state index >= 15 is 0 Å². The van der Waals surface area contributed by atoms with Crippen LogP contribution < -0.4 is 5.73 Å². The van der Waals surface area contributed by atoms with Gasteiger partial charge in [-0.05, 0) is 17.4 Å². The monoisotopic (exact) mass is 249 g/mol. The molecule has 3 rings (SSSR count). The van der Waals surface area contributed by atoms with Gasteiger partial charge in [0.25, 0.3) is 0 Å². The molecule has 0 aliphatic heterocycles. The minimum atomic E-state index is -0.280. The standard InChI is InChI=1S/C12H15N3OS/c13-11(9-5-2-6-17-9)12-14-10(15-16-12)7-8-3-1-4-8/h2,5-6,8,11H,1,3-4,7,13H2. The maximum Gasteiger partial charge on any atom is 0.248 e. The van der Waals surface area contributed by atoms with E-state index in [0.29, 0.717) is 5.89 Å². The van der Waals surface area contributed by atoms with Crippen LogP contribution in [0.3, 0.4) is 0 Å². The summed E-state index contributed by atoms with van der Waals surface area (Å²) in [5.41, 5.74) is 6.07. The fourth-order valence-electron chi connectivity index (χ4n) is 2.02. The van der Waals surface area contributed by atoms with Gasteiger partial charge < -0.3 is 10.3 Å². The lowest BCUT2D eigenvalue weighted by Gasteiger charge is -2.23. The van der Waals surface area contributed by atoms with E-state index in [4.69, 9.17) is 10.3 Å². The molecule has 0 spiro atoms. The third kappa shape index (κ3) is 2.25. The minimum Gasteiger partial charge on any atom is -0.337 e. The molecule has 0 amide bonds. The molecule has 0 aromatic carbocycles. The van der Waals surface area contributed by atoms with Crippen LogP contribution in [-0.4, -0.2) is 10.1 Å². The van der Waals surface area contributed by atoms with Gasteiger partial charge in [-0.2, -0.15) is 4.98 Å². The molecule has 2 N–H and O–H groups in total. The van der Waals surface area contributed by atoms with E-state index in [1.807, 2.05) is 17.5 Å². The summed E-state index contributed by atoms with van der Waals surface area (Å²) in [6.45, 7) is 0. The summed E-state index contributed by atoms with van der Waals surface area (Å²) in [6.07, 6.45) is 4.85. The molecule has 0 saturated heterocycles. The Labute approximate surface area is 104 Å². The van der Waals surface area contributed by atoms with Crippen LogP contribution in [0.25, 0.3) is 0 Å². The van der Waals surface area contributed by atoms with Crippen molar-refractivity contribution < 1.29 is 4.52 Å². The first-order valence-electron chi connectivity index (χ1n) is 5.94. The first-order chi connectivity index (χ1) is 8.33. The van der Waals surface area contributed by atoms with Gasteiger partial charge in [-0.15, -0.1) is 11.3 Å². The molecule has 1 aliphatic carbocycles. The Morgan fingerprint density at radius 2 is 2.41 bits per heavy atom. The van der Waals surface area contributed by atoms with Crippen molar-refractivity contribution in [2.24, 2.45) is 11.7 Å². The highest BCUT2D eigenvalue weighted by atomic mass is 32.1. The zero-order chi connectivity index (χ0) is 11.7. The number of nitrogens with two attached hydrogens (primary N) is 1. The number of hydrogen-bond acceptors (Lipinski definition) is 5. The molecule has 4 nitrogen and oxygen atoms in total. The smallest absolute Gasteiger partial charge is 0.248 e. The Morgan fingerprint density at radius 3 is 3.06 bits per heavy atom. The summed E-state index contributed by atoms with van der Waals surface area (Å²) < 4.78 is 5.24. The quantitative estimate of drug-likeness (QED) is 0.904. The first kappa shape index (κ1) is 10.9. The summed E-state index contributed by atoms with van der Waals surface area (Å²) in [5, 5.41) is 6.01. The van der Waals surface area contributed by atoms with Crippen molar-refractivity contribution in [1.29, 1.82) is 0 Å². The molecule has 90 valence electrons. The highest BCUT2D eigenvalue weighted by Gasteiger charge is 2.22. The van der Waals surface area contributed by atoms with E-state index in [1.165, 1.54) is 19.3 Å². The first-order valence-corrected chi connectivity index (χ1v) is 6.82. The Bertz CT molecular complexity index is 476. The van der Waals surface area contributed by atoms with E-state index < -0.39 is 0 Å². The molecule has 0 radical (unpaired) electrons. The van der Waals surface area contributed by atoms with Crippen LogP contribution in [0.4, 0.5) is 0 Å². The van der Waals surface area contributed by atoms with Crippen molar-refractivity contribution in [3.05, 3.63) is 34.1 Å². The van der Waals surface area contributed by atoms with E-state index in [0.717, 1.165) is 23.0 Å². The van der Waals surface area contributed by atoms with E-state index in [1.54, 1.807) is 11.3 Å². The van der Waals surface area contributed by atoms with Crippen LogP contribution in [0, 0.1) is 5.92 Å². The average Bonchev–Trinajstić information content (AvgIpc) is 2.94. The lowest BCUT2D eigenvalue weighted by Crippen LogP contribution is -2.15. The van der Waals surface area contributed by atoms with Gasteiger partial charge in [0.05, 0.1) is 0 Å². The molecule has 2 aromatic heterocycles. The maximum atomic E-state index is 6.07. The Kier molecular flexibility index (Phi) is 2.94. The topological polar surface area (TPSA) is 64.9 Å². The molecule has 1 fully saturated rings. The summed E-state index contributed by atoms with van der Waals surface area (Å²) in [5.74, 6) is 2.08. The lowest BCUT2D eigenvalue weighted by molar-refractivity contribution is 0.301. The zero-order valence-corrected chi connectivity index (χ0v) is 10.3. The maximum absolute atomic E-state index is 6.07. The summed E-state index contributed by atoms with van der Waals surface area (Å²) in [6, 6.07) is 3.69. The van der Waals surface area contributed by atoms with Gasteiger partial charge in [0.1, 0.15) is 6.04 Å². The third-order valence-corrected chi connectivity index (χ3v) is 4.25. The van der Waals surface area contributed by atoms with Crippen molar-refractivity contribution in [1.82, 2.24) is 10.1 Å². The zero-order valence-electron chi connectivity index (χ0n) is 9.50. The summed E-state index contributed by atoms with van der Waals surface area (Å²) >= 11 is 1.61. The molecular weight excluding hydrogens is 234 g/mol. The van der Waals surface area contributed by atoms with E-state index in [-0.39, 0.29) is 6.04 Å². The van der Waals surface area contributed by atoms with Gasteiger partial charge in [-0.25, -0.2) is 0 Å². The molecule has 1 atom stereocenters. The second kappa shape index (κ2) is 4.58. The number of rotatable bonds is 4. The fraction of sp³-hybridized carbons (Fsp3) is 0.500. The van der Waals surface area contributed by atoms with Crippen LogP contribution in [0.5, 0.6) is 0 Å². The predicted molar refractivity (Wildman–Crippen MR) is 65.7 cm³/mol. The highest BCUT2D eigenvalue weighted by molar-refractivity contribution is 7.10. The van der Waals surface area contributed by atoms with Gasteiger partial charge in [-0.3, -0.25) is 0 Å². The molecule has 0 bridgehead atoms. The second-order valence-corrected chi connectivity index (χ2v) is 5.52. The largest absolute Gasteiger partial charge is 0.337 e. The molecule has 2 heterocycles. The van der Waals surface area contributed by atoms with Crippen LogP contribution in [0.2, 0.25) is 0 Å². The van der Waals surface area contributed by atoms with Gasteiger partial charge in [-0.1, -0.05) is 30.5 Å². The molecule has 17 heavy (non-hydrogen) atoms. The summed E-state index contributed by atoms with van der Waals surface area (Å²) in [7, 11) is 0. The second-order valence-electron chi connectivity index (χ2n) is 4.54. The SMILES string of the molecule is NC(c1nc(CC2CCC2)no1)c1cccs1. The molecule has 1 saturated carbocycles. The highest BCUT2D eigenvalue weighted by Crippen LogP contribution is 2.29. The van der Waals surface area contributed by atoms with Gasteiger partial charge >= 0.3 is 0 Å². The van der Waals surface area contributed by atoms with Crippen molar-refractivity contribution in [3.8, 4) is 0 Å². The minimum absolute atomic E-state index is 0.280. The van der Waals surface area contributed by atoms with Crippen LogP contribution in [-0.2, 0) is 6.42 Å². The fourth-order valence-corrected chi connectivity index (χ4v) is 2.74. The van der Waals surface area contributed by atoms with Crippen molar-refractivity contribution in [3.63, 3.8) is 0 Å². The van der Waals surface area contributed by atoms with E-state index in [2.05, 4.69) is 10.1 Å². The number of hydrogen-bond donors (Lipinski definition) is 1. The Morgan fingerprint density at radius 1 is 1.53 bits per heavy atom. The predicted octanol–water partition coefficient (Wildman–Crippen LogP) is 2.52. The molecule has 1 unspecified atom stereocenters. The number of nitrogens with zero attached hydrogens (tertiary/aromatic N) is 2. The molecule has 5 heteroatoms. The summed E-state index contributed by atoms with van der Waals surface area (Å²) in [4.78, 5) is 5.45. The van der Waals surface area contributed by atoms with Crippen LogP contribution >= 0.6 is 11.3 Å². The van der Waals surface area contributed by atoms with Crippen LogP contribution in [0.15, 0.2) is 22.0 Å². The lowest BCUT2D eigenvalue weighted by atomic mass is 9.83. The molecule has 1 aliphatic rings. The molecular formula is C12H15N3OS. The number of thiophene rings is 1. The van der Waals surface area contributed by atoms with Gasteiger partial charge in [0, 0.05) is 11.3 Å². The Balaban J connectivity index is 1.71. The Hall–Kier alpha value is -1.20. The number of aromatic nitrogens is 2. The van der Waals surface area contributed by atoms with Gasteiger partial charge in [0.2, 0.25) is 5.89 Å². The molecule has 2 aromatic rings. The van der Waals surface area contributed by atoms with Crippen molar-refractivity contribution in [2.75, 3.05) is 0 Å². The van der Waals surface area contributed by atoms with Gasteiger partial charge in [0.15, 0.2) is 5.82 Å².